The third kappa shape index (κ3) is 4.15. The molecule has 1 saturated heterocycles. The lowest BCUT2D eigenvalue weighted by Gasteiger charge is -2.35. The summed E-state index contributed by atoms with van der Waals surface area (Å²) in [5.41, 5.74) is -0.534. The second-order valence-electron chi connectivity index (χ2n) is 7.46. The third-order valence-corrected chi connectivity index (χ3v) is 6.39. The van der Waals surface area contributed by atoms with Crippen LogP contribution in [0.1, 0.15) is 42.9 Å². The molecule has 0 radical (unpaired) electrons. The van der Waals surface area contributed by atoms with Crippen molar-refractivity contribution in [1.29, 1.82) is 0 Å². The monoisotopic (exact) mass is 461 g/mol. The van der Waals surface area contributed by atoms with E-state index in [0.29, 0.717) is 11.1 Å². The highest BCUT2D eigenvalue weighted by Crippen LogP contribution is 2.52. The van der Waals surface area contributed by atoms with Gasteiger partial charge in [0, 0.05) is 0 Å². The van der Waals surface area contributed by atoms with Crippen LogP contribution in [0, 0.1) is 6.92 Å². The van der Waals surface area contributed by atoms with Gasteiger partial charge in [0.1, 0.15) is 6.10 Å². The summed E-state index contributed by atoms with van der Waals surface area (Å²) in [7, 11) is -4.18. The fourth-order valence-corrected chi connectivity index (χ4v) is 5.16. The van der Waals surface area contributed by atoms with E-state index in [4.69, 9.17) is 14.2 Å². The first kappa shape index (κ1) is 23.9. The second kappa shape index (κ2) is 9.40. The molecule has 8 nitrogen and oxygen atoms in total. The molecule has 0 N–H and O–H groups in total. The number of ether oxygens (including phenoxy) is 3. The summed E-state index contributed by atoms with van der Waals surface area (Å²) in [5.74, 6) is -2.10. The minimum absolute atomic E-state index is 0.0613. The minimum Gasteiger partial charge on any atom is -0.464 e. The van der Waals surface area contributed by atoms with Gasteiger partial charge in [-0.3, -0.25) is 0 Å². The maximum atomic E-state index is 13.5. The van der Waals surface area contributed by atoms with Gasteiger partial charge in [-0.1, -0.05) is 60.2 Å². The van der Waals surface area contributed by atoms with E-state index in [-0.39, 0.29) is 13.2 Å². The fraction of sp³-hybridized carbons (Fsp3) is 0.391. The maximum absolute atomic E-state index is 13.5. The summed E-state index contributed by atoms with van der Waals surface area (Å²) in [6, 6.07) is 15.5. The van der Waals surface area contributed by atoms with Gasteiger partial charge < -0.3 is 14.2 Å². The lowest BCUT2D eigenvalue weighted by atomic mass is 9.87. The largest absolute Gasteiger partial charge is 0.464 e. The molecule has 1 heterocycles. The average Bonchev–Trinajstić information content (AvgIpc) is 3.13. The Morgan fingerprint density at radius 3 is 1.94 bits per heavy atom. The maximum Gasteiger partial charge on any atom is 0.342 e. The first-order valence-corrected chi connectivity index (χ1v) is 12.1. The van der Waals surface area contributed by atoms with Gasteiger partial charge in [-0.15, -0.1) is 4.31 Å². The van der Waals surface area contributed by atoms with Gasteiger partial charge in [0.2, 0.25) is 10.0 Å². The zero-order valence-electron chi connectivity index (χ0n) is 18.5. The lowest BCUT2D eigenvalue weighted by Crippen LogP contribution is -2.62. The molecular formula is C23H27NO7S. The van der Waals surface area contributed by atoms with Crippen LogP contribution in [-0.2, 0) is 33.8 Å². The second-order valence-corrected chi connectivity index (χ2v) is 9.32. The Bertz CT molecular complexity index is 1050. The Kier molecular flexibility index (Phi) is 7.02. The van der Waals surface area contributed by atoms with Crippen molar-refractivity contribution in [3.05, 3.63) is 71.3 Å². The molecule has 2 atom stereocenters. The quantitative estimate of drug-likeness (QED) is 0.462. The molecule has 32 heavy (non-hydrogen) atoms. The van der Waals surface area contributed by atoms with Crippen LogP contribution in [0.5, 0.6) is 0 Å². The summed E-state index contributed by atoms with van der Waals surface area (Å²) in [6.45, 7) is 4.92. The number of hydrogen-bond donors (Lipinski definition) is 0. The number of aryl methyl sites for hydroxylation is 1. The molecule has 2 aromatic carbocycles. The Balaban J connectivity index is 2.35. The SMILES string of the molecule is CCOC(=O)C1(C(=O)OCC)[C@H](c2ccc(C)cc2)O[C@H](c2ccccc2)N1S(C)(=O)=O. The van der Waals surface area contributed by atoms with Crippen molar-refractivity contribution in [2.45, 2.75) is 38.6 Å². The Morgan fingerprint density at radius 2 is 1.47 bits per heavy atom. The summed E-state index contributed by atoms with van der Waals surface area (Å²) in [4.78, 5) is 26.9. The molecule has 1 aliphatic rings. The van der Waals surface area contributed by atoms with Gasteiger partial charge >= 0.3 is 11.9 Å². The number of rotatable bonds is 7. The fourth-order valence-electron chi connectivity index (χ4n) is 3.87. The molecule has 172 valence electrons. The van der Waals surface area contributed by atoms with Crippen molar-refractivity contribution >= 4 is 22.0 Å². The van der Waals surface area contributed by atoms with Crippen LogP contribution < -0.4 is 0 Å². The number of sulfonamides is 1. The summed E-state index contributed by atoms with van der Waals surface area (Å²) < 4.78 is 43.7. The predicted octanol–water partition coefficient (Wildman–Crippen LogP) is 2.89. The number of hydrogen-bond acceptors (Lipinski definition) is 7. The zero-order chi connectivity index (χ0) is 23.5. The van der Waals surface area contributed by atoms with Gasteiger partial charge in [-0.2, -0.15) is 0 Å². The lowest BCUT2D eigenvalue weighted by molar-refractivity contribution is -0.172. The van der Waals surface area contributed by atoms with Crippen molar-refractivity contribution in [1.82, 2.24) is 4.31 Å². The van der Waals surface area contributed by atoms with Gasteiger partial charge in [0.15, 0.2) is 6.23 Å². The van der Waals surface area contributed by atoms with Crippen molar-refractivity contribution < 1.29 is 32.2 Å². The molecule has 1 aliphatic heterocycles. The topological polar surface area (TPSA) is 99.2 Å². The molecule has 9 heteroatoms. The number of carbonyl (C=O) groups excluding carboxylic acids is 2. The van der Waals surface area contributed by atoms with Gasteiger partial charge in [-0.05, 0) is 31.9 Å². The first-order chi connectivity index (χ1) is 15.2. The number of nitrogens with zero attached hydrogens (tertiary/aromatic N) is 1. The number of benzene rings is 2. The molecule has 2 aromatic rings. The van der Waals surface area contributed by atoms with Crippen molar-refractivity contribution in [2.24, 2.45) is 0 Å². The predicted molar refractivity (Wildman–Crippen MR) is 117 cm³/mol. The molecule has 0 saturated carbocycles. The molecule has 1 fully saturated rings. The molecular weight excluding hydrogens is 434 g/mol. The highest BCUT2D eigenvalue weighted by molar-refractivity contribution is 7.88. The van der Waals surface area contributed by atoms with E-state index < -0.39 is 39.8 Å². The van der Waals surface area contributed by atoms with Gasteiger partial charge in [0.05, 0.1) is 19.5 Å². The van der Waals surface area contributed by atoms with Crippen LogP contribution in [0.4, 0.5) is 0 Å². The van der Waals surface area contributed by atoms with Crippen molar-refractivity contribution in [3.8, 4) is 0 Å². The molecule has 0 aliphatic carbocycles. The molecule has 3 rings (SSSR count). The highest BCUT2D eigenvalue weighted by atomic mass is 32.2. The smallest absolute Gasteiger partial charge is 0.342 e. The van der Waals surface area contributed by atoms with Gasteiger partial charge in [0.25, 0.3) is 5.54 Å². The normalized spacial score (nSPS) is 20.6. The van der Waals surface area contributed by atoms with E-state index in [0.717, 1.165) is 16.1 Å². The Hall–Kier alpha value is -2.75. The highest BCUT2D eigenvalue weighted by Gasteiger charge is 2.70. The zero-order valence-corrected chi connectivity index (χ0v) is 19.3. The van der Waals surface area contributed by atoms with Crippen LogP contribution in [0.15, 0.2) is 54.6 Å². The first-order valence-electron chi connectivity index (χ1n) is 10.3. The van der Waals surface area contributed by atoms with Crippen LogP contribution in [-0.4, -0.2) is 49.7 Å². The van der Waals surface area contributed by atoms with E-state index in [1.165, 1.54) is 0 Å². The van der Waals surface area contributed by atoms with Gasteiger partial charge in [-0.25, -0.2) is 18.0 Å². The van der Waals surface area contributed by atoms with E-state index in [1.54, 1.807) is 68.4 Å². The minimum atomic E-state index is -4.18. The van der Waals surface area contributed by atoms with E-state index in [9.17, 15) is 18.0 Å². The summed E-state index contributed by atoms with van der Waals surface area (Å²) in [6.07, 6.45) is -1.61. The van der Waals surface area contributed by atoms with Crippen molar-refractivity contribution in [3.63, 3.8) is 0 Å². The molecule has 0 unspecified atom stereocenters. The standard InChI is InChI=1S/C23H27NO7S/c1-5-29-21(25)23(22(26)30-6-2)19(17-14-12-16(3)13-15-17)31-20(24(23)32(4,27)28)18-10-8-7-9-11-18/h7-15,19-20H,5-6H2,1-4H3/t19-,20+/m0/s1. The Morgan fingerprint density at radius 1 is 0.938 bits per heavy atom. The van der Waals surface area contributed by atoms with Crippen LogP contribution >= 0.6 is 0 Å². The van der Waals surface area contributed by atoms with E-state index in [1.807, 2.05) is 6.92 Å². The van der Waals surface area contributed by atoms with E-state index in [2.05, 4.69) is 0 Å². The summed E-state index contributed by atoms with van der Waals surface area (Å²) in [5, 5.41) is 0. The third-order valence-electron chi connectivity index (χ3n) is 5.20. The molecule has 0 spiro atoms. The van der Waals surface area contributed by atoms with Crippen LogP contribution in [0.25, 0.3) is 0 Å². The molecule has 0 aromatic heterocycles. The number of esters is 2. The summed E-state index contributed by atoms with van der Waals surface area (Å²) >= 11 is 0. The van der Waals surface area contributed by atoms with E-state index >= 15 is 0 Å². The van der Waals surface area contributed by atoms with Crippen LogP contribution in [0.3, 0.4) is 0 Å². The molecule has 0 bridgehead atoms. The number of carbonyl (C=O) groups is 2. The van der Waals surface area contributed by atoms with Crippen LogP contribution in [0.2, 0.25) is 0 Å². The average molecular weight is 462 g/mol. The van der Waals surface area contributed by atoms with Crippen molar-refractivity contribution in [2.75, 3.05) is 19.5 Å². The Labute approximate surface area is 188 Å². The molecule has 0 amide bonds.